The fourth-order valence-electron chi connectivity index (χ4n) is 7.41. The number of ether oxygens (including phenoxy) is 3. The first kappa shape index (κ1) is 60.9. The van der Waals surface area contributed by atoms with E-state index in [2.05, 4.69) is 93.7 Å². The van der Waals surface area contributed by atoms with Crippen LogP contribution >= 0.6 is 0 Å². The lowest BCUT2D eigenvalue weighted by molar-refractivity contribution is -0.167. The zero-order chi connectivity index (χ0) is 46.5. The van der Waals surface area contributed by atoms with Crippen LogP contribution in [-0.2, 0) is 28.6 Å². The van der Waals surface area contributed by atoms with E-state index in [9.17, 15) is 14.4 Å². The van der Waals surface area contributed by atoms with Gasteiger partial charge < -0.3 is 14.2 Å². The maximum absolute atomic E-state index is 12.8. The summed E-state index contributed by atoms with van der Waals surface area (Å²) in [7, 11) is 0. The minimum atomic E-state index is -0.802. The topological polar surface area (TPSA) is 78.9 Å². The van der Waals surface area contributed by atoms with Crippen LogP contribution in [0.4, 0.5) is 0 Å². The van der Waals surface area contributed by atoms with Gasteiger partial charge in [0, 0.05) is 19.3 Å². The van der Waals surface area contributed by atoms with Gasteiger partial charge in [-0.2, -0.15) is 0 Å². The highest BCUT2D eigenvalue weighted by Gasteiger charge is 2.19. The summed E-state index contributed by atoms with van der Waals surface area (Å²) < 4.78 is 16.8. The molecule has 0 aliphatic rings. The minimum absolute atomic E-state index is 0.0991. The molecule has 0 aromatic carbocycles. The molecule has 0 saturated carbocycles. The van der Waals surface area contributed by atoms with Crippen molar-refractivity contribution in [1.29, 1.82) is 0 Å². The maximum atomic E-state index is 12.8. The summed E-state index contributed by atoms with van der Waals surface area (Å²) in [5.74, 6) is -0.967. The summed E-state index contributed by atoms with van der Waals surface area (Å²) in [6.07, 6.45) is 66.1. The van der Waals surface area contributed by atoms with Gasteiger partial charge in [-0.05, 0) is 83.5 Å². The van der Waals surface area contributed by atoms with Crippen LogP contribution in [0.5, 0.6) is 0 Å². The first-order valence-electron chi connectivity index (χ1n) is 26.9. The Morgan fingerprint density at radius 3 is 1.05 bits per heavy atom. The maximum Gasteiger partial charge on any atom is 0.306 e. The van der Waals surface area contributed by atoms with E-state index >= 15 is 0 Å². The molecular weight excluding hydrogens is 793 g/mol. The number of carbonyl (C=O) groups excluding carboxylic acids is 3. The van der Waals surface area contributed by atoms with Crippen molar-refractivity contribution in [2.45, 2.75) is 264 Å². The normalized spacial score (nSPS) is 12.6. The quantitative estimate of drug-likeness (QED) is 0.0262. The van der Waals surface area contributed by atoms with Crippen molar-refractivity contribution in [2.24, 2.45) is 0 Å². The standard InChI is InChI=1S/C58H100O6/c1-4-7-10-13-16-19-22-25-28-29-31-33-36-39-42-45-48-51-57(60)63-54-55(53-62-56(59)50-47-44-41-38-35-32-27-24-21-18-15-12-9-6-3)64-58(61)52-49-46-43-40-37-34-30-26-23-20-17-14-11-8-5-2/h7,10,16,19,25,28,31-33,35,39,42,55H,4-6,8-9,11-15,17-18,20-24,26-27,29-30,34,36-38,40-41,43-54H2,1-3H3/b10-7-,19-16-,28-25-,33-31-,35-32-,42-39-. The highest BCUT2D eigenvalue weighted by Crippen LogP contribution is 2.15. The summed E-state index contributed by atoms with van der Waals surface area (Å²) >= 11 is 0. The highest BCUT2D eigenvalue weighted by atomic mass is 16.6. The molecule has 64 heavy (non-hydrogen) atoms. The molecule has 0 rings (SSSR count). The van der Waals surface area contributed by atoms with Gasteiger partial charge in [0.1, 0.15) is 13.2 Å². The smallest absolute Gasteiger partial charge is 0.306 e. The molecule has 0 N–H and O–H groups in total. The number of unbranched alkanes of at least 4 members (excludes halogenated alkanes) is 25. The lowest BCUT2D eigenvalue weighted by Crippen LogP contribution is -2.30. The molecule has 0 spiro atoms. The van der Waals surface area contributed by atoms with Crippen LogP contribution in [0.3, 0.4) is 0 Å². The Kier molecular flexibility index (Phi) is 49.9. The van der Waals surface area contributed by atoms with Crippen molar-refractivity contribution in [2.75, 3.05) is 13.2 Å². The van der Waals surface area contributed by atoms with Crippen LogP contribution < -0.4 is 0 Å². The zero-order valence-corrected chi connectivity index (χ0v) is 42.0. The predicted octanol–water partition coefficient (Wildman–Crippen LogP) is 17.8. The van der Waals surface area contributed by atoms with Gasteiger partial charge in [-0.1, -0.05) is 229 Å². The molecule has 0 fully saturated rings. The number of hydrogen-bond acceptors (Lipinski definition) is 6. The van der Waals surface area contributed by atoms with Gasteiger partial charge in [0.15, 0.2) is 6.10 Å². The summed E-state index contributed by atoms with van der Waals surface area (Å²) in [5, 5.41) is 0. The molecule has 0 bridgehead atoms. The number of allylic oxidation sites excluding steroid dienone is 12. The summed E-state index contributed by atoms with van der Waals surface area (Å²) in [6, 6.07) is 0. The number of rotatable bonds is 48. The number of carbonyl (C=O) groups is 3. The Hall–Kier alpha value is -3.15. The average molecular weight is 893 g/mol. The van der Waals surface area contributed by atoms with E-state index in [0.29, 0.717) is 19.3 Å². The minimum Gasteiger partial charge on any atom is -0.462 e. The largest absolute Gasteiger partial charge is 0.462 e. The van der Waals surface area contributed by atoms with Gasteiger partial charge in [0.2, 0.25) is 0 Å². The van der Waals surface area contributed by atoms with Crippen LogP contribution in [-0.4, -0.2) is 37.2 Å². The number of hydrogen-bond donors (Lipinski definition) is 0. The Bertz CT molecular complexity index is 1210. The van der Waals surface area contributed by atoms with Crippen LogP contribution in [0, 0.1) is 0 Å². The van der Waals surface area contributed by atoms with E-state index in [1.807, 2.05) is 0 Å². The molecule has 6 heteroatoms. The van der Waals surface area contributed by atoms with E-state index in [1.54, 1.807) is 0 Å². The molecule has 0 amide bonds. The molecule has 0 aromatic rings. The van der Waals surface area contributed by atoms with Crippen molar-refractivity contribution in [3.63, 3.8) is 0 Å². The van der Waals surface area contributed by atoms with E-state index in [-0.39, 0.29) is 37.5 Å². The molecule has 0 radical (unpaired) electrons. The second-order valence-corrected chi connectivity index (χ2v) is 17.8. The Balaban J connectivity index is 4.48. The molecule has 1 unspecified atom stereocenters. The fourth-order valence-corrected chi connectivity index (χ4v) is 7.41. The molecule has 0 aromatic heterocycles. The van der Waals surface area contributed by atoms with E-state index in [0.717, 1.165) is 89.9 Å². The average Bonchev–Trinajstić information content (AvgIpc) is 3.29. The molecule has 0 heterocycles. The van der Waals surface area contributed by atoms with E-state index in [4.69, 9.17) is 14.2 Å². The summed E-state index contributed by atoms with van der Waals surface area (Å²) in [4.78, 5) is 38.0. The van der Waals surface area contributed by atoms with E-state index in [1.165, 1.54) is 122 Å². The van der Waals surface area contributed by atoms with Gasteiger partial charge in [-0.25, -0.2) is 0 Å². The van der Waals surface area contributed by atoms with Gasteiger partial charge >= 0.3 is 17.9 Å². The monoisotopic (exact) mass is 893 g/mol. The van der Waals surface area contributed by atoms with Gasteiger partial charge in [0.05, 0.1) is 0 Å². The van der Waals surface area contributed by atoms with E-state index < -0.39 is 6.10 Å². The Labute approximate surface area is 395 Å². The van der Waals surface area contributed by atoms with Gasteiger partial charge in [-0.3, -0.25) is 14.4 Å². The first-order valence-corrected chi connectivity index (χ1v) is 26.9. The second-order valence-electron chi connectivity index (χ2n) is 17.8. The number of esters is 3. The van der Waals surface area contributed by atoms with Gasteiger partial charge in [0.25, 0.3) is 0 Å². The lowest BCUT2D eigenvalue weighted by Gasteiger charge is -2.18. The molecule has 368 valence electrons. The van der Waals surface area contributed by atoms with Crippen molar-refractivity contribution in [3.8, 4) is 0 Å². The van der Waals surface area contributed by atoms with Crippen LogP contribution in [0.1, 0.15) is 258 Å². The molecule has 6 nitrogen and oxygen atoms in total. The van der Waals surface area contributed by atoms with Crippen molar-refractivity contribution < 1.29 is 28.6 Å². The predicted molar refractivity (Wildman–Crippen MR) is 274 cm³/mol. The molecule has 0 saturated heterocycles. The Morgan fingerprint density at radius 1 is 0.328 bits per heavy atom. The van der Waals surface area contributed by atoms with Crippen molar-refractivity contribution in [1.82, 2.24) is 0 Å². The fraction of sp³-hybridized carbons (Fsp3) is 0.741. The highest BCUT2D eigenvalue weighted by molar-refractivity contribution is 5.71. The molecular formula is C58H100O6. The second kappa shape index (κ2) is 52.5. The van der Waals surface area contributed by atoms with Crippen LogP contribution in [0.25, 0.3) is 0 Å². The third-order valence-corrected chi connectivity index (χ3v) is 11.4. The summed E-state index contributed by atoms with van der Waals surface area (Å²) in [5.41, 5.74) is 0. The molecule has 0 aliphatic carbocycles. The SMILES string of the molecule is CC/C=C\C/C=C\C/C=C\C/C=C\C/C=C\CCCC(=O)OCC(COC(=O)CCCCC/C=C\CCCCCCCCC)OC(=O)CCCCCCCCCCCCCCCCC. The van der Waals surface area contributed by atoms with Gasteiger partial charge in [-0.15, -0.1) is 0 Å². The summed E-state index contributed by atoms with van der Waals surface area (Å²) in [6.45, 7) is 6.47. The third kappa shape index (κ3) is 49.9. The molecule has 1 atom stereocenters. The Morgan fingerprint density at radius 2 is 0.625 bits per heavy atom. The first-order chi connectivity index (χ1) is 31.5. The molecule has 0 aliphatic heterocycles. The lowest BCUT2D eigenvalue weighted by atomic mass is 10.0. The van der Waals surface area contributed by atoms with Crippen LogP contribution in [0.2, 0.25) is 0 Å². The van der Waals surface area contributed by atoms with Crippen molar-refractivity contribution in [3.05, 3.63) is 72.9 Å². The third-order valence-electron chi connectivity index (χ3n) is 11.4. The van der Waals surface area contributed by atoms with Crippen molar-refractivity contribution >= 4 is 17.9 Å². The van der Waals surface area contributed by atoms with Crippen LogP contribution in [0.15, 0.2) is 72.9 Å². The zero-order valence-electron chi connectivity index (χ0n) is 42.0.